The molecule has 2 N–H and O–H groups in total. The number of hydrogen-bond acceptors (Lipinski definition) is 4. The van der Waals surface area contributed by atoms with Crippen molar-refractivity contribution in [2.75, 3.05) is 6.26 Å². The molecule has 0 radical (unpaired) electrons. The second-order valence-corrected chi connectivity index (χ2v) is 10.2. The number of sulfonamides is 1. The van der Waals surface area contributed by atoms with Gasteiger partial charge in [-0.2, -0.15) is 31.4 Å². The van der Waals surface area contributed by atoms with Crippen LogP contribution in [0.1, 0.15) is 40.9 Å². The van der Waals surface area contributed by atoms with Crippen LogP contribution < -0.4 is 10.0 Å². The number of alkyl halides is 6. The van der Waals surface area contributed by atoms with E-state index in [9.17, 15) is 43.9 Å². The molecule has 7 nitrogen and oxygen atoms in total. The van der Waals surface area contributed by atoms with E-state index >= 15 is 0 Å². The number of aromatic nitrogens is 2. The van der Waals surface area contributed by atoms with Crippen molar-refractivity contribution in [3.63, 3.8) is 0 Å². The van der Waals surface area contributed by atoms with Gasteiger partial charge in [-0.15, -0.1) is 0 Å². The molecule has 3 rings (SSSR count). The van der Waals surface area contributed by atoms with Crippen LogP contribution in [0.25, 0.3) is 5.69 Å². The van der Waals surface area contributed by atoms with E-state index < -0.39 is 57.8 Å². The average Bonchev–Trinajstić information content (AvgIpc) is 3.25. The predicted molar refractivity (Wildman–Crippen MR) is 122 cm³/mol. The number of hydrogen-bond donors (Lipinski definition) is 2. The number of nitrogens with one attached hydrogen (secondary N) is 2. The number of carbonyl (C=O) groups excluding carboxylic acids is 1. The molecular weight excluding hydrogens is 545 g/mol. The molecular formula is C23H21F7N4O3S. The lowest BCUT2D eigenvalue weighted by molar-refractivity contribution is -0.141. The molecule has 38 heavy (non-hydrogen) atoms. The fourth-order valence-electron chi connectivity index (χ4n) is 3.39. The summed E-state index contributed by atoms with van der Waals surface area (Å²) < 4.78 is 119. The molecule has 1 atom stereocenters. The van der Waals surface area contributed by atoms with Crippen LogP contribution in [0.5, 0.6) is 0 Å². The van der Waals surface area contributed by atoms with Gasteiger partial charge < -0.3 is 5.32 Å². The highest BCUT2D eigenvalue weighted by Crippen LogP contribution is 2.32. The van der Waals surface area contributed by atoms with Crippen molar-refractivity contribution in [3.8, 4) is 5.69 Å². The topological polar surface area (TPSA) is 93.1 Å². The van der Waals surface area contributed by atoms with Crippen molar-refractivity contribution in [2.45, 2.75) is 38.3 Å². The van der Waals surface area contributed by atoms with Gasteiger partial charge in [-0.25, -0.2) is 22.2 Å². The van der Waals surface area contributed by atoms with Gasteiger partial charge in [-0.1, -0.05) is 18.2 Å². The largest absolute Gasteiger partial charge is 0.435 e. The van der Waals surface area contributed by atoms with Gasteiger partial charge in [0.05, 0.1) is 35.7 Å². The summed E-state index contributed by atoms with van der Waals surface area (Å²) in [6, 6.07) is 7.84. The molecule has 1 unspecified atom stereocenters. The third-order valence-electron chi connectivity index (χ3n) is 5.43. The molecule has 206 valence electrons. The third-order valence-corrected chi connectivity index (χ3v) is 6.10. The van der Waals surface area contributed by atoms with E-state index in [-0.39, 0.29) is 29.1 Å². The lowest BCUT2D eigenvalue weighted by atomic mass is 9.98. The Hall–Kier alpha value is -3.46. The Labute approximate surface area is 212 Å². The maximum atomic E-state index is 14.4. The first kappa shape index (κ1) is 29.1. The molecule has 0 spiro atoms. The molecule has 3 aromatic rings. The van der Waals surface area contributed by atoms with Crippen molar-refractivity contribution >= 4 is 15.9 Å². The van der Waals surface area contributed by atoms with E-state index in [4.69, 9.17) is 0 Å². The highest BCUT2D eigenvalue weighted by atomic mass is 32.2. The molecule has 1 aromatic heterocycles. The van der Waals surface area contributed by atoms with E-state index in [1.54, 1.807) is 0 Å². The van der Waals surface area contributed by atoms with Gasteiger partial charge in [0.15, 0.2) is 5.69 Å². The molecule has 1 heterocycles. The Balaban J connectivity index is 1.81. The van der Waals surface area contributed by atoms with Crippen LogP contribution in [0.2, 0.25) is 0 Å². The monoisotopic (exact) mass is 566 g/mol. The quantitative estimate of drug-likeness (QED) is 0.393. The van der Waals surface area contributed by atoms with Crippen LogP contribution in [-0.2, 0) is 40.3 Å². The van der Waals surface area contributed by atoms with Crippen LogP contribution in [-0.4, -0.2) is 30.4 Å². The number of halogens is 7. The van der Waals surface area contributed by atoms with Crippen LogP contribution in [0, 0.1) is 5.82 Å². The SMILES string of the molecule is CC(C(=O)NCc1cc(C(F)(F)F)nn1-c1cccc(C(F)(F)F)c1)c1ccc(CNS(C)(=O)=O)c(F)c1. The Bertz CT molecular complexity index is 1430. The van der Waals surface area contributed by atoms with Gasteiger partial charge in [0, 0.05) is 12.1 Å². The van der Waals surface area contributed by atoms with E-state index in [1.165, 1.54) is 19.1 Å². The van der Waals surface area contributed by atoms with Gasteiger partial charge in [0.1, 0.15) is 5.82 Å². The van der Waals surface area contributed by atoms with Crippen molar-refractivity contribution in [1.29, 1.82) is 0 Å². The Kier molecular flexibility index (Phi) is 8.21. The van der Waals surface area contributed by atoms with Crippen LogP contribution >= 0.6 is 0 Å². The summed E-state index contributed by atoms with van der Waals surface area (Å²) in [5.41, 5.74) is -2.78. The third kappa shape index (κ3) is 7.31. The fraction of sp³-hybridized carbons (Fsp3) is 0.304. The minimum atomic E-state index is -4.90. The average molecular weight is 566 g/mol. The van der Waals surface area contributed by atoms with E-state index in [0.29, 0.717) is 16.8 Å². The lowest BCUT2D eigenvalue weighted by Gasteiger charge is -2.15. The molecule has 15 heteroatoms. The summed E-state index contributed by atoms with van der Waals surface area (Å²) in [7, 11) is -3.57. The van der Waals surface area contributed by atoms with Gasteiger partial charge >= 0.3 is 12.4 Å². The minimum Gasteiger partial charge on any atom is -0.350 e. The molecule has 0 saturated heterocycles. The van der Waals surface area contributed by atoms with Crippen molar-refractivity contribution < 1.29 is 43.9 Å². The van der Waals surface area contributed by atoms with Gasteiger partial charge in [-0.3, -0.25) is 4.79 Å². The number of nitrogens with zero attached hydrogens (tertiary/aromatic N) is 2. The summed E-state index contributed by atoms with van der Waals surface area (Å²) in [6.45, 7) is 0.567. The highest BCUT2D eigenvalue weighted by molar-refractivity contribution is 7.88. The normalized spacial score (nSPS) is 13.4. The zero-order chi connectivity index (χ0) is 28.5. The second-order valence-electron chi connectivity index (χ2n) is 8.36. The Morgan fingerprint density at radius 3 is 2.26 bits per heavy atom. The van der Waals surface area contributed by atoms with Gasteiger partial charge in [0.25, 0.3) is 0 Å². The van der Waals surface area contributed by atoms with Crippen molar-refractivity contribution in [2.24, 2.45) is 0 Å². The maximum Gasteiger partial charge on any atom is 0.435 e. The summed E-state index contributed by atoms with van der Waals surface area (Å²) in [5.74, 6) is -2.47. The van der Waals surface area contributed by atoms with E-state index in [1.807, 2.05) is 0 Å². The lowest BCUT2D eigenvalue weighted by Crippen LogP contribution is -2.28. The highest BCUT2D eigenvalue weighted by Gasteiger charge is 2.36. The summed E-state index contributed by atoms with van der Waals surface area (Å²) in [4.78, 5) is 12.7. The number of rotatable bonds is 8. The first-order valence-corrected chi connectivity index (χ1v) is 12.7. The first-order valence-electron chi connectivity index (χ1n) is 10.8. The maximum absolute atomic E-state index is 14.4. The summed E-state index contributed by atoms with van der Waals surface area (Å²) in [6.07, 6.45) is -8.74. The number of carbonyl (C=O) groups is 1. The zero-order valence-electron chi connectivity index (χ0n) is 19.8. The molecule has 1 amide bonds. The van der Waals surface area contributed by atoms with Gasteiger partial charge in [0.2, 0.25) is 15.9 Å². The first-order chi connectivity index (χ1) is 17.5. The molecule has 0 aliphatic heterocycles. The molecule has 0 bridgehead atoms. The van der Waals surface area contributed by atoms with E-state index in [2.05, 4.69) is 15.1 Å². The molecule has 0 fully saturated rings. The van der Waals surface area contributed by atoms with E-state index in [0.717, 1.165) is 30.5 Å². The van der Waals surface area contributed by atoms with Crippen LogP contribution in [0.4, 0.5) is 30.7 Å². The Morgan fingerprint density at radius 2 is 1.68 bits per heavy atom. The molecule has 0 saturated carbocycles. The number of amides is 1. The van der Waals surface area contributed by atoms with Crippen LogP contribution in [0.3, 0.4) is 0 Å². The summed E-state index contributed by atoms with van der Waals surface area (Å²) >= 11 is 0. The number of benzene rings is 2. The molecule has 2 aromatic carbocycles. The smallest absolute Gasteiger partial charge is 0.350 e. The standard InChI is InChI=1S/C23H21F7N4O3S/c1-13(14-6-7-15(19(24)8-14)11-32-38(2,36)37)21(35)31-12-18-10-20(23(28,29)30)33-34(18)17-5-3-4-16(9-17)22(25,26)27/h3-10,13,32H,11-12H2,1-2H3,(H,31,35). The molecule has 0 aliphatic carbocycles. The minimum absolute atomic E-state index is 0.0245. The van der Waals surface area contributed by atoms with Crippen LogP contribution in [0.15, 0.2) is 48.5 Å². The summed E-state index contributed by atoms with van der Waals surface area (Å²) in [5, 5.41) is 5.78. The second kappa shape index (κ2) is 10.7. The van der Waals surface area contributed by atoms with Gasteiger partial charge in [-0.05, 0) is 42.8 Å². The van der Waals surface area contributed by atoms with Crippen molar-refractivity contribution in [3.05, 3.63) is 82.4 Å². The fourth-order valence-corrected chi connectivity index (χ4v) is 3.81. The predicted octanol–water partition coefficient (Wildman–Crippen LogP) is 4.52. The molecule has 0 aliphatic rings. The Morgan fingerprint density at radius 1 is 1.00 bits per heavy atom. The zero-order valence-corrected chi connectivity index (χ0v) is 20.6. The van der Waals surface area contributed by atoms with Crippen molar-refractivity contribution in [1.82, 2.24) is 19.8 Å².